The van der Waals surface area contributed by atoms with E-state index < -0.39 is 0 Å². The predicted octanol–water partition coefficient (Wildman–Crippen LogP) is 2.24. The van der Waals surface area contributed by atoms with Gasteiger partial charge in [0, 0.05) is 6.20 Å². The summed E-state index contributed by atoms with van der Waals surface area (Å²) in [6, 6.07) is 15.2. The third kappa shape index (κ3) is 2.73. The van der Waals surface area contributed by atoms with Crippen LogP contribution in [0, 0.1) is 24.1 Å². The summed E-state index contributed by atoms with van der Waals surface area (Å²) in [5.74, 6) is -0.335. The zero-order valence-corrected chi connectivity index (χ0v) is 14.3. The van der Waals surface area contributed by atoms with Gasteiger partial charge in [-0.3, -0.25) is 9.20 Å². The number of benzene rings is 2. The minimum Gasteiger partial charge on any atom is -0.307 e. The average molecular weight is 359 g/mol. The second kappa shape index (κ2) is 6.42. The number of aromatic nitrogens is 2. The van der Waals surface area contributed by atoms with E-state index in [4.69, 9.17) is 0 Å². The highest BCUT2D eigenvalue weighted by atomic mass is 19.1. The minimum atomic E-state index is -0.335. The van der Waals surface area contributed by atoms with Crippen LogP contribution in [0.15, 0.2) is 53.3 Å². The fourth-order valence-corrected chi connectivity index (χ4v) is 3.01. The lowest BCUT2D eigenvalue weighted by molar-refractivity contribution is 0.628. The van der Waals surface area contributed by atoms with Crippen molar-refractivity contribution in [2.45, 2.75) is 6.92 Å². The van der Waals surface area contributed by atoms with Gasteiger partial charge in [-0.2, -0.15) is 5.26 Å². The number of para-hydroxylation sites is 2. The number of nitrogens with zero attached hydrogens (tertiary/aromatic N) is 3. The van der Waals surface area contributed by atoms with Gasteiger partial charge in [0.15, 0.2) is 5.65 Å². The van der Waals surface area contributed by atoms with Crippen molar-refractivity contribution in [1.29, 1.82) is 5.26 Å². The van der Waals surface area contributed by atoms with Crippen molar-refractivity contribution >= 4 is 28.6 Å². The molecule has 2 aromatic carbocycles. The second-order valence-electron chi connectivity index (χ2n) is 6.01. The van der Waals surface area contributed by atoms with Crippen LogP contribution in [0.5, 0.6) is 0 Å². The Labute approximate surface area is 153 Å². The molecule has 132 valence electrons. The first-order chi connectivity index (χ1) is 13.1. The van der Waals surface area contributed by atoms with Crippen molar-refractivity contribution in [1.82, 2.24) is 14.8 Å². The number of imidazole rings is 1. The van der Waals surface area contributed by atoms with Crippen molar-refractivity contribution in [3.05, 3.63) is 81.0 Å². The summed E-state index contributed by atoms with van der Waals surface area (Å²) in [7, 11) is 0. The van der Waals surface area contributed by atoms with E-state index in [1.807, 2.05) is 12.1 Å². The van der Waals surface area contributed by atoms with E-state index in [-0.39, 0.29) is 11.4 Å². The number of hydrazine groups is 1. The third-order valence-corrected chi connectivity index (χ3v) is 4.39. The molecule has 0 spiro atoms. The Balaban J connectivity index is 1.87. The Morgan fingerprint density at radius 3 is 2.67 bits per heavy atom. The van der Waals surface area contributed by atoms with Gasteiger partial charge in [-0.25, -0.2) is 9.37 Å². The van der Waals surface area contributed by atoms with Crippen LogP contribution in [-0.2, 0) is 0 Å². The topological polar surface area (TPSA) is 82.2 Å². The molecular weight excluding hydrogens is 345 g/mol. The zero-order valence-electron chi connectivity index (χ0n) is 14.3. The Kier molecular flexibility index (Phi) is 3.94. The fraction of sp³-hybridized carbons (Fsp3) is 0.0500. The van der Waals surface area contributed by atoms with Crippen LogP contribution in [0.25, 0.3) is 22.9 Å². The summed E-state index contributed by atoms with van der Waals surface area (Å²) in [4.78, 5) is 17.5. The van der Waals surface area contributed by atoms with Crippen LogP contribution in [0.4, 0.5) is 10.1 Å². The molecule has 0 bridgehead atoms. The molecule has 0 aliphatic heterocycles. The maximum absolute atomic E-state index is 13.0. The molecule has 0 unspecified atom stereocenters. The summed E-state index contributed by atoms with van der Waals surface area (Å²) < 4.78 is 14.4. The van der Waals surface area contributed by atoms with Crippen LogP contribution in [-0.4, -0.2) is 9.38 Å². The fourth-order valence-electron chi connectivity index (χ4n) is 3.01. The Bertz CT molecular complexity index is 1320. The van der Waals surface area contributed by atoms with Gasteiger partial charge in [0.05, 0.1) is 27.5 Å². The van der Waals surface area contributed by atoms with Gasteiger partial charge < -0.3 is 10.9 Å². The van der Waals surface area contributed by atoms with Gasteiger partial charge in [-0.15, -0.1) is 0 Å². The molecule has 0 radical (unpaired) electrons. The smallest absolute Gasteiger partial charge is 0.265 e. The number of halogens is 1. The lowest BCUT2D eigenvalue weighted by Crippen LogP contribution is -2.36. The largest absolute Gasteiger partial charge is 0.307 e. The van der Waals surface area contributed by atoms with Crippen LogP contribution < -0.4 is 21.6 Å². The number of hydrogen-bond donors (Lipinski definition) is 2. The summed E-state index contributed by atoms with van der Waals surface area (Å²) in [6.45, 7) is 1.71. The zero-order chi connectivity index (χ0) is 19.0. The maximum atomic E-state index is 13.0. The van der Waals surface area contributed by atoms with Crippen LogP contribution in [0.3, 0.4) is 0 Å². The molecule has 4 rings (SSSR count). The molecule has 0 aliphatic rings. The van der Waals surface area contributed by atoms with E-state index in [0.717, 1.165) is 0 Å². The van der Waals surface area contributed by atoms with Gasteiger partial charge in [0.25, 0.3) is 5.56 Å². The third-order valence-electron chi connectivity index (χ3n) is 4.39. The highest BCUT2D eigenvalue weighted by molar-refractivity contribution is 5.82. The van der Waals surface area contributed by atoms with Crippen molar-refractivity contribution < 1.29 is 4.39 Å². The Hall–Kier alpha value is -3.92. The van der Waals surface area contributed by atoms with Gasteiger partial charge >= 0.3 is 0 Å². The molecule has 2 aromatic heterocycles. The highest BCUT2D eigenvalue weighted by Gasteiger charge is 2.15. The first kappa shape index (κ1) is 16.5. The van der Waals surface area contributed by atoms with E-state index in [1.165, 1.54) is 22.7 Å². The number of fused-ring (bicyclic) bond motifs is 3. The molecule has 0 amide bonds. The molecule has 2 heterocycles. The van der Waals surface area contributed by atoms with E-state index in [9.17, 15) is 14.4 Å². The van der Waals surface area contributed by atoms with Crippen LogP contribution in [0.2, 0.25) is 0 Å². The van der Waals surface area contributed by atoms with E-state index >= 15 is 0 Å². The predicted molar refractivity (Wildman–Crippen MR) is 101 cm³/mol. The summed E-state index contributed by atoms with van der Waals surface area (Å²) in [5, 5.41) is 9.94. The van der Waals surface area contributed by atoms with E-state index in [1.54, 1.807) is 31.2 Å². The van der Waals surface area contributed by atoms with Crippen LogP contribution in [0.1, 0.15) is 11.1 Å². The van der Waals surface area contributed by atoms with Crippen molar-refractivity contribution in [2.75, 3.05) is 5.43 Å². The molecule has 6 nitrogen and oxygen atoms in total. The number of nitrogens with one attached hydrogen (secondary N) is 2. The maximum Gasteiger partial charge on any atom is 0.265 e. The monoisotopic (exact) mass is 359 g/mol. The first-order valence-electron chi connectivity index (χ1n) is 8.21. The molecule has 0 atom stereocenters. The summed E-state index contributed by atoms with van der Waals surface area (Å²) in [5.41, 5.74) is 8.61. The highest BCUT2D eigenvalue weighted by Crippen LogP contribution is 2.17. The van der Waals surface area contributed by atoms with Crippen molar-refractivity contribution in [3.8, 4) is 6.07 Å². The normalized spacial score (nSPS) is 11.7. The standard InChI is InChI=1S/C20H14FN5O/c1-12-15(10-22)19-24-17-4-2-3-5-18(17)26(19)20(27)16(12)11-23-25-14-8-6-13(21)7-9-14/h2-9,11,23,25H,1H3. The Morgan fingerprint density at radius 1 is 1.19 bits per heavy atom. The van der Waals surface area contributed by atoms with Crippen LogP contribution >= 0.6 is 0 Å². The summed E-state index contributed by atoms with van der Waals surface area (Å²) in [6.07, 6.45) is 1.50. The molecule has 27 heavy (non-hydrogen) atoms. The quantitative estimate of drug-likeness (QED) is 0.548. The molecule has 7 heteroatoms. The van der Waals surface area contributed by atoms with Gasteiger partial charge in [0.1, 0.15) is 11.9 Å². The average Bonchev–Trinajstić information content (AvgIpc) is 3.05. The van der Waals surface area contributed by atoms with Gasteiger partial charge in [0.2, 0.25) is 0 Å². The lowest BCUT2D eigenvalue weighted by Gasteiger charge is -2.06. The molecule has 0 aliphatic carbocycles. The second-order valence-corrected chi connectivity index (χ2v) is 6.01. The van der Waals surface area contributed by atoms with Crippen molar-refractivity contribution in [2.24, 2.45) is 0 Å². The number of rotatable bonds is 3. The summed E-state index contributed by atoms with van der Waals surface area (Å²) >= 11 is 0. The van der Waals surface area contributed by atoms with E-state index in [0.29, 0.717) is 38.7 Å². The SMILES string of the molecule is Cc1c(C#N)c2nc3ccccc3n2c(=O)c1=CNNc1ccc(F)cc1. The number of hydrogen-bond acceptors (Lipinski definition) is 5. The Morgan fingerprint density at radius 2 is 1.93 bits per heavy atom. The molecule has 4 aromatic rings. The lowest BCUT2D eigenvalue weighted by atomic mass is 10.1. The number of nitriles is 1. The molecule has 2 N–H and O–H groups in total. The molecule has 0 fully saturated rings. The number of anilines is 1. The molecular formula is C20H14FN5O. The minimum absolute atomic E-state index is 0.274. The number of pyridine rings is 1. The first-order valence-corrected chi connectivity index (χ1v) is 8.21. The molecule has 0 saturated heterocycles. The van der Waals surface area contributed by atoms with Gasteiger partial charge in [-0.1, -0.05) is 12.1 Å². The molecule has 0 saturated carbocycles. The van der Waals surface area contributed by atoms with Crippen molar-refractivity contribution in [3.63, 3.8) is 0 Å². The van der Waals surface area contributed by atoms with E-state index in [2.05, 4.69) is 21.9 Å². The van der Waals surface area contributed by atoms with Gasteiger partial charge in [-0.05, 0) is 48.9 Å².